The van der Waals surface area contributed by atoms with Crippen molar-refractivity contribution in [3.8, 4) is 0 Å². The Morgan fingerprint density at radius 1 is 1.00 bits per heavy atom. The Morgan fingerprint density at radius 2 is 1.57 bits per heavy atom. The Morgan fingerprint density at radius 3 is 2.10 bits per heavy atom. The predicted molar refractivity (Wildman–Crippen MR) is 115 cm³/mol. The fourth-order valence-electron chi connectivity index (χ4n) is 3.98. The molecule has 1 heterocycles. The van der Waals surface area contributed by atoms with Crippen molar-refractivity contribution in [2.75, 3.05) is 0 Å². The van der Waals surface area contributed by atoms with Gasteiger partial charge in [0, 0.05) is 18.4 Å². The topological polar surface area (TPSA) is 63.7 Å². The van der Waals surface area contributed by atoms with Crippen molar-refractivity contribution in [1.82, 2.24) is 4.90 Å². The highest BCUT2D eigenvalue weighted by molar-refractivity contribution is 6.03. The molecule has 0 fully saturated rings. The first-order valence-electron chi connectivity index (χ1n) is 10.0. The summed E-state index contributed by atoms with van der Waals surface area (Å²) in [5.74, 6) is -0.956. The minimum Gasteiger partial charge on any atom is -0.443 e. The zero-order valence-electron chi connectivity index (χ0n) is 17.8. The fourth-order valence-corrected chi connectivity index (χ4v) is 3.98. The third-order valence-electron chi connectivity index (χ3n) is 5.11. The molecule has 0 unspecified atom stereocenters. The van der Waals surface area contributed by atoms with Crippen molar-refractivity contribution >= 4 is 17.8 Å². The largest absolute Gasteiger partial charge is 0.443 e. The number of nitrogens with zero attached hydrogens (tertiary/aromatic N) is 1. The second kappa shape index (κ2) is 8.27. The second-order valence-electron chi connectivity index (χ2n) is 8.55. The molecule has 5 heteroatoms. The van der Waals surface area contributed by atoms with Crippen molar-refractivity contribution in [2.24, 2.45) is 0 Å². The molecule has 0 saturated heterocycles. The van der Waals surface area contributed by atoms with E-state index in [-0.39, 0.29) is 12.2 Å². The van der Waals surface area contributed by atoms with E-state index in [1.54, 1.807) is 26.8 Å². The third kappa shape index (κ3) is 4.20. The minimum absolute atomic E-state index is 0.0314. The average molecular weight is 405 g/mol. The average Bonchev–Trinajstić information content (AvgIpc) is 3.04. The molecule has 1 aliphatic heterocycles. The van der Waals surface area contributed by atoms with Gasteiger partial charge in [-0.15, -0.1) is 0 Å². The number of amides is 2. The van der Waals surface area contributed by atoms with Gasteiger partial charge < -0.3 is 9.53 Å². The quantitative estimate of drug-likeness (QED) is 0.704. The number of hydrogen-bond donors (Lipinski definition) is 0. The lowest BCUT2D eigenvalue weighted by Crippen LogP contribution is -2.53. The fraction of sp³-hybridized carbons (Fsp3) is 0.320. The van der Waals surface area contributed by atoms with Crippen LogP contribution in [0.1, 0.15) is 51.2 Å². The Labute approximate surface area is 177 Å². The van der Waals surface area contributed by atoms with Crippen molar-refractivity contribution in [3.05, 3.63) is 83.9 Å². The predicted octanol–water partition coefficient (Wildman–Crippen LogP) is 4.98. The van der Waals surface area contributed by atoms with Gasteiger partial charge in [-0.1, -0.05) is 60.7 Å². The van der Waals surface area contributed by atoms with E-state index >= 15 is 0 Å². The van der Waals surface area contributed by atoms with Crippen molar-refractivity contribution < 1.29 is 19.1 Å². The van der Waals surface area contributed by atoms with Gasteiger partial charge in [0.2, 0.25) is 0 Å². The van der Waals surface area contributed by atoms with E-state index in [1.807, 2.05) is 60.7 Å². The zero-order chi connectivity index (χ0) is 21.9. The molecule has 0 aromatic heterocycles. The lowest BCUT2D eigenvalue weighted by molar-refractivity contribution is -0.130. The first kappa shape index (κ1) is 21.5. The molecule has 2 atom stereocenters. The molecule has 3 rings (SSSR count). The first-order chi connectivity index (χ1) is 14.1. The SMILES string of the molecule is CC(=O)C[C@@H](c1ccccc1)[C@]1(c2ccccc2)C=CC(=O)N1C(=O)OC(C)(C)C. The summed E-state index contributed by atoms with van der Waals surface area (Å²) >= 11 is 0. The Hall–Kier alpha value is -3.21. The molecule has 156 valence electrons. The number of carbonyl (C=O) groups is 3. The van der Waals surface area contributed by atoms with Crippen molar-refractivity contribution in [1.29, 1.82) is 0 Å². The molecule has 2 aromatic carbocycles. The number of ether oxygens (including phenoxy) is 1. The molecule has 1 aliphatic rings. The van der Waals surface area contributed by atoms with Crippen LogP contribution in [0.4, 0.5) is 4.79 Å². The highest BCUT2D eigenvalue weighted by atomic mass is 16.6. The van der Waals surface area contributed by atoms with E-state index in [0.29, 0.717) is 0 Å². The summed E-state index contributed by atoms with van der Waals surface area (Å²) < 4.78 is 5.60. The van der Waals surface area contributed by atoms with E-state index < -0.39 is 29.1 Å². The Bertz CT molecular complexity index is 960. The number of Topliss-reactive ketones (excluding diaryl/α,β-unsaturated/α-hetero) is 1. The Balaban J connectivity index is 2.25. The standard InChI is InChI=1S/C25H27NO4/c1-18(27)17-21(19-11-7-5-8-12-19)25(20-13-9-6-10-14-20)16-15-22(28)26(25)23(29)30-24(2,3)4/h5-16,21H,17H2,1-4H3/t21-,25+/m0/s1. The number of benzene rings is 2. The van der Waals surface area contributed by atoms with Gasteiger partial charge in [-0.3, -0.25) is 4.79 Å². The molecule has 5 nitrogen and oxygen atoms in total. The number of imide groups is 1. The van der Waals surface area contributed by atoms with Gasteiger partial charge in [-0.05, 0) is 44.9 Å². The molecule has 30 heavy (non-hydrogen) atoms. The normalized spacial score (nSPS) is 19.6. The van der Waals surface area contributed by atoms with E-state index in [2.05, 4.69) is 0 Å². The molecular weight excluding hydrogens is 378 g/mol. The summed E-state index contributed by atoms with van der Waals surface area (Å²) in [5, 5.41) is 0. The molecule has 0 radical (unpaired) electrons. The summed E-state index contributed by atoms with van der Waals surface area (Å²) in [6.07, 6.45) is 2.56. The monoisotopic (exact) mass is 405 g/mol. The molecule has 0 saturated carbocycles. The van der Waals surface area contributed by atoms with Crippen LogP contribution in [0, 0.1) is 0 Å². The van der Waals surface area contributed by atoms with Crippen LogP contribution in [0.25, 0.3) is 0 Å². The smallest absolute Gasteiger partial charge is 0.418 e. The number of ketones is 1. The number of hydrogen-bond acceptors (Lipinski definition) is 4. The summed E-state index contributed by atoms with van der Waals surface area (Å²) in [6.45, 7) is 6.79. The first-order valence-corrected chi connectivity index (χ1v) is 10.0. The summed E-state index contributed by atoms with van der Waals surface area (Å²) in [4.78, 5) is 39.7. The maximum atomic E-state index is 13.2. The lowest BCUT2D eigenvalue weighted by atomic mass is 9.72. The van der Waals surface area contributed by atoms with Crippen LogP contribution in [0.5, 0.6) is 0 Å². The molecule has 0 bridgehead atoms. The van der Waals surface area contributed by atoms with E-state index in [0.717, 1.165) is 16.0 Å². The maximum absolute atomic E-state index is 13.2. The van der Waals surface area contributed by atoms with Crippen LogP contribution in [0.15, 0.2) is 72.8 Å². The molecule has 2 aromatic rings. The number of rotatable bonds is 5. The van der Waals surface area contributed by atoms with Crippen LogP contribution in [-0.2, 0) is 19.9 Å². The lowest BCUT2D eigenvalue weighted by Gasteiger charge is -2.43. The zero-order valence-corrected chi connectivity index (χ0v) is 17.8. The van der Waals surface area contributed by atoms with Gasteiger partial charge in [0.05, 0.1) is 0 Å². The molecule has 2 amide bonds. The van der Waals surface area contributed by atoms with Crippen LogP contribution >= 0.6 is 0 Å². The highest BCUT2D eigenvalue weighted by Gasteiger charge is 2.53. The second-order valence-corrected chi connectivity index (χ2v) is 8.55. The minimum atomic E-state index is -1.17. The molecular formula is C25H27NO4. The van der Waals surface area contributed by atoms with Crippen LogP contribution in [0.3, 0.4) is 0 Å². The van der Waals surface area contributed by atoms with Gasteiger partial charge in [-0.2, -0.15) is 0 Å². The van der Waals surface area contributed by atoms with Crippen molar-refractivity contribution in [3.63, 3.8) is 0 Å². The van der Waals surface area contributed by atoms with Gasteiger partial charge in [0.15, 0.2) is 0 Å². The Kier molecular flexibility index (Phi) is 5.92. The van der Waals surface area contributed by atoms with Gasteiger partial charge in [-0.25, -0.2) is 9.69 Å². The molecule has 0 N–H and O–H groups in total. The number of carbonyl (C=O) groups excluding carboxylic acids is 3. The van der Waals surface area contributed by atoms with Crippen molar-refractivity contribution in [2.45, 2.75) is 51.2 Å². The van der Waals surface area contributed by atoms with Gasteiger partial charge in [0.25, 0.3) is 5.91 Å². The van der Waals surface area contributed by atoms with E-state index in [1.165, 1.54) is 13.0 Å². The third-order valence-corrected chi connectivity index (χ3v) is 5.11. The van der Waals surface area contributed by atoms with Crippen LogP contribution in [-0.4, -0.2) is 28.3 Å². The molecule has 0 spiro atoms. The van der Waals surface area contributed by atoms with Crippen LogP contribution < -0.4 is 0 Å². The summed E-state index contributed by atoms with van der Waals surface area (Å²) in [6, 6.07) is 18.8. The molecule has 0 aliphatic carbocycles. The van der Waals surface area contributed by atoms with Gasteiger partial charge in [0.1, 0.15) is 16.9 Å². The van der Waals surface area contributed by atoms with Gasteiger partial charge >= 0.3 is 6.09 Å². The highest BCUT2D eigenvalue weighted by Crippen LogP contribution is 2.48. The van der Waals surface area contributed by atoms with E-state index in [9.17, 15) is 14.4 Å². The summed E-state index contributed by atoms with van der Waals surface area (Å²) in [5.41, 5.74) is -0.337. The van der Waals surface area contributed by atoms with Crippen LogP contribution in [0.2, 0.25) is 0 Å². The maximum Gasteiger partial charge on any atom is 0.418 e. The summed E-state index contributed by atoms with van der Waals surface area (Å²) in [7, 11) is 0. The van der Waals surface area contributed by atoms with E-state index in [4.69, 9.17) is 4.74 Å².